The number of benzene rings is 2. The van der Waals surface area contributed by atoms with Crippen molar-refractivity contribution in [1.29, 1.82) is 0 Å². The van der Waals surface area contributed by atoms with Crippen LogP contribution in [-0.4, -0.2) is 35.0 Å². The van der Waals surface area contributed by atoms with Crippen LogP contribution < -0.4 is 15.4 Å². The van der Waals surface area contributed by atoms with Crippen LogP contribution in [0.15, 0.2) is 66.9 Å². The van der Waals surface area contributed by atoms with Crippen molar-refractivity contribution >= 4 is 17.8 Å². The van der Waals surface area contributed by atoms with Gasteiger partial charge in [-0.05, 0) is 47.5 Å². The number of nitrogens with zero attached hydrogens (tertiary/aromatic N) is 1. The van der Waals surface area contributed by atoms with E-state index < -0.39 is 11.9 Å². The number of hydrogen-bond acceptors (Lipinski definition) is 5. The fourth-order valence-corrected chi connectivity index (χ4v) is 2.76. The number of pyridine rings is 1. The molecular weight excluding hydrogens is 398 g/mol. The van der Waals surface area contributed by atoms with Gasteiger partial charge in [-0.15, -0.1) is 0 Å². The van der Waals surface area contributed by atoms with Gasteiger partial charge in [0.05, 0.1) is 12.7 Å². The molecule has 1 aromatic heterocycles. The number of hydrogen-bond donors (Lipinski definition) is 3. The molecule has 3 rings (SSSR count). The minimum atomic E-state index is -1.01. The average Bonchev–Trinajstić information content (AvgIpc) is 2.81. The van der Waals surface area contributed by atoms with Crippen LogP contribution in [0.3, 0.4) is 0 Å². The van der Waals surface area contributed by atoms with E-state index in [0.29, 0.717) is 12.1 Å². The molecule has 31 heavy (non-hydrogen) atoms. The van der Waals surface area contributed by atoms with Crippen LogP contribution in [-0.2, 0) is 13.1 Å². The molecule has 8 nitrogen and oxygen atoms in total. The van der Waals surface area contributed by atoms with E-state index in [1.54, 1.807) is 31.4 Å². The third kappa shape index (κ3) is 5.89. The molecule has 0 saturated carbocycles. The minimum absolute atomic E-state index is 0.131. The van der Waals surface area contributed by atoms with Crippen molar-refractivity contribution in [2.24, 2.45) is 0 Å². The summed E-state index contributed by atoms with van der Waals surface area (Å²) in [7, 11) is 1.58. The number of rotatable bonds is 8. The first kappa shape index (κ1) is 21.5. The van der Waals surface area contributed by atoms with Crippen molar-refractivity contribution in [2.45, 2.75) is 13.1 Å². The van der Waals surface area contributed by atoms with Gasteiger partial charge in [0.25, 0.3) is 11.8 Å². The molecule has 0 fully saturated rings. The normalized spacial score (nSPS) is 10.2. The summed E-state index contributed by atoms with van der Waals surface area (Å²) in [6, 6.07) is 16.5. The average molecular weight is 419 g/mol. The number of carbonyl (C=O) groups excluding carboxylic acids is 2. The van der Waals surface area contributed by atoms with E-state index in [0.717, 1.165) is 16.9 Å². The molecule has 0 bridgehead atoms. The quantitative estimate of drug-likeness (QED) is 0.517. The number of methoxy groups -OCH3 is 1. The fourth-order valence-electron chi connectivity index (χ4n) is 2.76. The Bertz CT molecular complexity index is 1080. The zero-order valence-corrected chi connectivity index (χ0v) is 16.8. The second-order valence-corrected chi connectivity index (χ2v) is 6.65. The maximum atomic E-state index is 12.4. The third-order valence-corrected chi connectivity index (χ3v) is 4.52. The molecule has 0 aliphatic carbocycles. The summed E-state index contributed by atoms with van der Waals surface area (Å²) in [6.45, 7) is 0.535. The number of amides is 2. The Hall–Kier alpha value is -4.20. The summed E-state index contributed by atoms with van der Waals surface area (Å²) in [4.78, 5) is 39.8. The van der Waals surface area contributed by atoms with Gasteiger partial charge in [-0.25, -0.2) is 4.79 Å². The van der Waals surface area contributed by atoms with E-state index in [1.165, 1.54) is 30.5 Å². The van der Waals surface area contributed by atoms with E-state index in [4.69, 9.17) is 9.84 Å². The second kappa shape index (κ2) is 10.0. The Kier molecular flexibility index (Phi) is 6.95. The molecule has 3 N–H and O–H groups in total. The standard InChI is InChI=1S/C23H21N3O5/c1-31-19-8-4-16(5-9-19)14-26-22(28)20-12-18(10-11-24-20)21(27)25-13-15-2-6-17(7-3-15)23(29)30/h2-12H,13-14H2,1H3,(H,25,27)(H,26,28)(H,29,30). The molecule has 0 saturated heterocycles. The summed E-state index contributed by atoms with van der Waals surface area (Å²) >= 11 is 0. The van der Waals surface area contributed by atoms with Gasteiger partial charge in [0.2, 0.25) is 0 Å². The van der Waals surface area contributed by atoms with Crippen molar-refractivity contribution in [3.05, 3.63) is 94.8 Å². The Morgan fingerprint density at radius 3 is 2.00 bits per heavy atom. The fraction of sp³-hybridized carbons (Fsp3) is 0.130. The van der Waals surface area contributed by atoms with E-state index in [2.05, 4.69) is 15.6 Å². The highest BCUT2D eigenvalue weighted by atomic mass is 16.5. The van der Waals surface area contributed by atoms with Crippen LogP contribution >= 0.6 is 0 Å². The van der Waals surface area contributed by atoms with Crippen LogP contribution in [0.5, 0.6) is 5.75 Å². The number of ether oxygens (including phenoxy) is 1. The Labute approximate surface area is 178 Å². The Morgan fingerprint density at radius 1 is 0.839 bits per heavy atom. The number of carboxylic acid groups (broad SMARTS) is 1. The third-order valence-electron chi connectivity index (χ3n) is 4.52. The lowest BCUT2D eigenvalue weighted by Crippen LogP contribution is -2.26. The van der Waals surface area contributed by atoms with Gasteiger partial charge >= 0.3 is 5.97 Å². The monoisotopic (exact) mass is 419 g/mol. The van der Waals surface area contributed by atoms with E-state index >= 15 is 0 Å². The summed E-state index contributed by atoms with van der Waals surface area (Å²) in [5, 5.41) is 14.4. The smallest absolute Gasteiger partial charge is 0.335 e. The van der Waals surface area contributed by atoms with Crippen LogP contribution in [0, 0.1) is 0 Å². The van der Waals surface area contributed by atoms with E-state index in [-0.39, 0.29) is 23.7 Å². The van der Waals surface area contributed by atoms with Gasteiger partial charge in [-0.3, -0.25) is 14.6 Å². The maximum Gasteiger partial charge on any atom is 0.335 e. The van der Waals surface area contributed by atoms with Crippen LogP contribution in [0.25, 0.3) is 0 Å². The van der Waals surface area contributed by atoms with Gasteiger partial charge in [-0.2, -0.15) is 0 Å². The Morgan fingerprint density at radius 2 is 1.42 bits per heavy atom. The lowest BCUT2D eigenvalue weighted by molar-refractivity contribution is 0.0696. The predicted molar refractivity (Wildman–Crippen MR) is 113 cm³/mol. The van der Waals surface area contributed by atoms with Gasteiger partial charge < -0.3 is 20.5 Å². The van der Waals surface area contributed by atoms with Crippen molar-refractivity contribution in [3.8, 4) is 5.75 Å². The number of aromatic carboxylic acids is 1. The number of carbonyl (C=O) groups is 3. The first-order valence-corrected chi connectivity index (χ1v) is 9.44. The first-order valence-electron chi connectivity index (χ1n) is 9.44. The number of carboxylic acids is 1. The summed E-state index contributed by atoms with van der Waals surface area (Å²) in [6.07, 6.45) is 1.40. The molecule has 0 radical (unpaired) electrons. The molecule has 0 unspecified atom stereocenters. The van der Waals surface area contributed by atoms with Crippen molar-refractivity contribution in [1.82, 2.24) is 15.6 Å². The molecule has 3 aromatic rings. The molecular formula is C23H21N3O5. The van der Waals surface area contributed by atoms with Gasteiger partial charge in [0, 0.05) is 24.8 Å². The zero-order chi connectivity index (χ0) is 22.2. The maximum absolute atomic E-state index is 12.4. The minimum Gasteiger partial charge on any atom is -0.497 e. The molecule has 2 aromatic carbocycles. The van der Waals surface area contributed by atoms with Gasteiger partial charge in [0.15, 0.2) is 0 Å². The lowest BCUT2D eigenvalue weighted by Gasteiger charge is -2.08. The largest absolute Gasteiger partial charge is 0.497 e. The summed E-state index contributed by atoms with van der Waals surface area (Å²) < 4.78 is 5.10. The first-order chi connectivity index (χ1) is 15.0. The second-order valence-electron chi connectivity index (χ2n) is 6.65. The zero-order valence-electron chi connectivity index (χ0n) is 16.8. The van der Waals surface area contributed by atoms with Crippen molar-refractivity contribution in [2.75, 3.05) is 7.11 Å². The number of aromatic nitrogens is 1. The molecule has 8 heteroatoms. The van der Waals surface area contributed by atoms with Gasteiger partial charge in [0.1, 0.15) is 11.4 Å². The molecule has 1 heterocycles. The van der Waals surface area contributed by atoms with Crippen LogP contribution in [0.2, 0.25) is 0 Å². The highest BCUT2D eigenvalue weighted by Crippen LogP contribution is 2.11. The topological polar surface area (TPSA) is 118 Å². The lowest BCUT2D eigenvalue weighted by atomic mass is 10.1. The molecule has 0 atom stereocenters. The van der Waals surface area contributed by atoms with E-state index in [9.17, 15) is 14.4 Å². The van der Waals surface area contributed by atoms with Crippen molar-refractivity contribution < 1.29 is 24.2 Å². The molecule has 2 amide bonds. The van der Waals surface area contributed by atoms with Crippen LogP contribution in [0.4, 0.5) is 0 Å². The summed E-state index contributed by atoms with van der Waals surface area (Å²) in [5.41, 5.74) is 2.26. The van der Waals surface area contributed by atoms with Crippen LogP contribution in [0.1, 0.15) is 42.3 Å². The molecule has 158 valence electrons. The van der Waals surface area contributed by atoms with Gasteiger partial charge in [-0.1, -0.05) is 24.3 Å². The number of nitrogens with one attached hydrogen (secondary N) is 2. The van der Waals surface area contributed by atoms with Crippen molar-refractivity contribution in [3.63, 3.8) is 0 Å². The SMILES string of the molecule is COc1ccc(CNC(=O)c2cc(C(=O)NCc3ccc(C(=O)O)cc3)ccn2)cc1. The van der Waals surface area contributed by atoms with E-state index in [1.807, 2.05) is 12.1 Å². The molecule has 0 aliphatic rings. The molecule has 0 spiro atoms. The highest BCUT2D eigenvalue weighted by Gasteiger charge is 2.12. The predicted octanol–water partition coefficient (Wildman–Crippen LogP) is 2.65. The Balaban J connectivity index is 1.57. The molecule has 0 aliphatic heterocycles. The highest BCUT2D eigenvalue weighted by molar-refractivity contribution is 5.98. The summed E-state index contributed by atoms with van der Waals surface area (Å²) in [5.74, 6) is -1.04.